The Bertz CT molecular complexity index is 630. The molecule has 0 bridgehead atoms. The number of halogens is 1. The minimum atomic E-state index is 0. The largest absolute Gasteiger partial charge is 0.381 e. The third-order valence-corrected chi connectivity index (χ3v) is 6.57. The SMILES string of the molecule is CN=C(NCCC(C)N(C)Cc1ccccc1)NC1CCN(CC2CCOC2)CC1.I. The highest BCUT2D eigenvalue weighted by atomic mass is 127. The number of nitrogens with zero attached hydrogens (tertiary/aromatic N) is 3. The average molecular weight is 544 g/mol. The predicted molar refractivity (Wildman–Crippen MR) is 140 cm³/mol. The van der Waals surface area contributed by atoms with Gasteiger partial charge >= 0.3 is 0 Å². The first kappa shape index (κ1) is 26.4. The van der Waals surface area contributed by atoms with Crippen LogP contribution in [0.25, 0.3) is 0 Å². The van der Waals surface area contributed by atoms with Gasteiger partial charge in [-0.15, -0.1) is 24.0 Å². The predicted octanol–water partition coefficient (Wildman–Crippen LogP) is 3.18. The van der Waals surface area contributed by atoms with Gasteiger partial charge in [-0.1, -0.05) is 30.3 Å². The second-order valence-electron chi connectivity index (χ2n) is 8.99. The van der Waals surface area contributed by atoms with E-state index in [2.05, 4.69) is 69.7 Å². The molecule has 2 unspecified atom stereocenters. The van der Waals surface area contributed by atoms with Gasteiger partial charge in [0.2, 0.25) is 0 Å². The Morgan fingerprint density at radius 1 is 1.23 bits per heavy atom. The second-order valence-corrected chi connectivity index (χ2v) is 8.99. The molecular weight excluding hydrogens is 501 g/mol. The van der Waals surface area contributed by atoms with Gasteiger partial charge < -0.3 is 20.3 Å². The molecule has 0 spiro atoms. The van der Waals surface area contributed by atoms with E-state index in [1.54, 1.807) is 0 Å². The summed E-state index contributed by atoms with van der Waals surface area (Å²) in [5.74, 6) is 1.68. The van der Waals surface area contributed by atoms with Crippen molar-refractivity contribution in [3.05, 3.63) is 35.9 Å². The Morgan fingerprint density at radius 2 is 1.97 bits per heavy atom. The minimum absolute atomic E-state index is 0. The highest BCUT2D eigenvalue weighted by molar-refractivity contribution is 14.0. The lowest BCUT2D eigenvalue weighted by Gasteiger charge is -2.34. The van der Waals surface area contributed by atoms with E-state index in [1.165, 1.54) is 44.5 Å². The molecule has 2 N–H and O–H groups in total. The highest BCUT2D eigenvalue weighted by Crippen LogP contribution is 2.17. The van der Waals surface area contributed by atoms with Gasteiger partial charge in [0.1, 0.15) is 0 Å². The van der Waals surface area contributed by atoms with Crippen molar-refractivity contribution >= 4 is 29.9 Å². The van der Waals surface area contributed by atoms with E-state index < -0.39 is 0 Å². The molecule has 2 aliphatic heterocycles. The normalized spacial score (nSPS) is 21.7. The molecule has 6 nitrogen and oxygen atoms in total. The van der Waals surface area contributed by atoms with Crippen molar-refractivity contribution < 1.29 is 4.74 Å². The molecule has 0 saturated carbocycles. The Labute approximate surface area is 206 Å². The number of guanidine groups is 1. The average Bonchev–Trinajstić information content (AvgIpc) is 3.28. The lowest BCUT2D eigenvalue weighted by Crippen LogP contribution is -2.49. The summed E-state index contributed by atoms with van der Waals surface area (Å²) >= 11 is 0. The zero-order valence-corrected chi connectivity index (χ0v) is 21.9. The highest BCUT2D eigenvalue weighted by Gasteiger charge is 2.24. The molecule has 1 aromatic rings. The minimum Gasteiger partial charge on any atom is -0.381 e. The van der Waals surface area contributed by atoms with Crippen LogP contribution in [0.15, 0.2) is 35.3 Å². The van der Waals surface area contributed by atoms with Crippen LogP contribution >= 0.6 is 24.0 Å². The molecule has 2 aliphatic rings. The number of ether oxygens (including phenoxy) is 1. The smallest absolute Gasteiger partial charge is 0.191 e. The van der Waals surface area contributed by atoms with Crippen LogP contribution in [-0.2, 0) is 11.3 Å². The standard InChI is InChI=1S/C24H41N5O.HI/c1-20(28(3)17-21-7-5-4-6-8-21)9-13-26-24(25-2)27-23-10-14-29(15-11-23)18-22-12-16-30-19-22;/h4-8,20,22-23H,9-19H2,1-3H3,(H2,25,26,27);1H. The number of rotatable bonds is 9. The van der Waals surface area contributed by atoms with Crippen molar-refractivity contribution in [2.45, 2.75) is 51.2 Å². The fraction of sp³-hybridized carbons (Fsp3) is 0.708. The lowest BCUT2D eigenvalue weighted by atomic mass is 10.0. The Balaban J connectivity index is 0.00000341. The fourth-order valence-electron chi connectivity index (χ4n) is 4.39. The van der Waals surface area contributed by atoms with Gasteiger partial charge in [0.15, 0.2) is 5.96 Å². The van der Waals surface area contributed by atoms with E-state index in [4.69, 9.17) is 4.74 Å². The van der Waals surface area contributed by atoms with Crippen LogP contribution < -0.4 is 10.6 Å². The fourth-order valence-corrected chi connectivity index (χ4v) is 4.39. The molecule has 1 aromatic carbocycles. The molecule has 2 fully saturated rings. The molecule has 0 aliphatic carbocycles. The monoisotopic (exact) mass is 543 g/mol. The molecule has 0 aromatic heterocycles. The number of hydrogen-bond donors (Lipinski definition) is 2. The van der Waals surface area contributed by atoms with E-state index in [1.807, 2.05) is 7.05 Å². The molecule has 2 atom stereocenters. The summed E-state index contributed by atoms with van der Waals surface area (Å²) in [4.78, 5) is 9.47. The van der Waals surface area contributed by atoms with Crippen LogP contribution in [0.4, 0.5) is 0 Å². The van der Waals surface area contributed by atoms with Crippen molar-refractivity contribution in [1.82, 2.24) is 20.4 Å². The topological polar surface area (TPSA) is 52.1 Å². The first-order valence-electron chi connectivity index (χ1n) is 11.7. The maximum atomic E-state index is 5.52. The summed E-state index contributed by atoms with van der Waals surface area (Å²) in [5.41, 5.74) is 1.36. The summed E-state index contributed by atoms with van der Waals surface area (Å²) in [6.07, 6.45) is 4.69. The van der Waals surface area contributed by atoms with Crippen LogP contribution in [0, 0.1) is 5.92 Å². The first-order chi connectivity index (χ1) is 14.6. The number of likely N-dealkylation sites (tertiary alicyclic amines) is 1. The van der Waals surface area contributed by atoms with Gasteiger partial charge in [0, 0.05) is 58.5 Å². The molecule has 0 radical (unpaired) electrons. The van der Waals surface area contributed by atoms with E-state index in [0.717, 1.165) is 44.6 Å². The summed E-state index contributed by atoms with van der Waals surface area (Å²) in [6, 6.07) is 11.7. The summed E-state index contributed by atoms with van der Waals surface area (Å²) in [7, 11) is 4.08. The summed E-state index contributed by atoms with van der Waals surface area (Å²) < 4.78 is 5.52. The van der Waals surface area contributed by atoms with Gasteiger partial charge in [-0.05, 0) is 51.1 Å². The summed E-state index contributed by atoms with van der Waals surface area (Å²) in [5, 5.41) is 7.15. The second kappa shape index (κ2) is 14.3. The quantitative estimate of drug-likeness (QED) is 0.285. The zero-order chi connectivity index (χ0) is 21.2. The zero-order valence-electron chi connectivity index (χ0n) is 19.6. The third kappa shape index (κ3) is 9.24. The van der Waals surface area contributed by atoms with Gasteiger partial charge in [-0.2, -0.15) is 0 Å². The molecule has 176 valence electrons. The number of nitrogens with one attached hydrogen (secondary N) is 2. The lowest BCUT2D eigenvalue weighted by molar-refractivity contribution is 0.150. The summed E-state index contributed by atoms with van der Waals surface area (Å²) in [6.45, 7) is 9.67. The number of hydrogen-bond acceptors (Lipinski definition) is 4. The van der Waals surface area contributed by atoms with Gasteiger partial charge in [-0.25, -0.2) is 0 Å². The Hall–Kier alpha value is -0.900. The molecule has 2 heterocycles. The van der Waals surface area contributed by atoms with Gasteiger partial charge in [-0.3, -0.25) is 9.89 Å². The number of benzene rings is 1. The van der Waals surface area contributed by atoms with Crippen LogP contribution in [-0.4, -0.2) is 81.3 Å². The van der Waals surface area contributed by atoms with Crippen molar-refractivity contribution in [2.24, 2.45) is 10.9 Å². The maximum Gasteiger partial charge on any atom is 0.191 e. The van der Waals surface area contributed by atoms with Crippen molar-refractivity contribution in [3.8, 4) is 0 Å². The first-order valence-corrected chi connectivity index (χ1v) is 11.7. The molecule has 0 amide bonds. The van der Waals surface area contributed by atoms with Gasteiger partial charge in [0.25, 0.3) is 0 Å². The van der Waals surface area contributed by atoms with Crippen molar-refractivity contribution in [2.75, 3.05) is 53.5 Å². The van der Waals surface area contributed by atoms with E-state index in [-0.39, 0.29) is 24.0 Å². The Kier molecular flexibility index (Phi) is 12.1. The van der Waals surface area contributed by atoms with Crippen LogP contribution in [0.2, 0.25) is 0 Å². The van der Waals surface area contributed by atoms with E-state index in [9.17, 15) is 0 Å². The third-order valence-electron chi connectivity index (χ3n) is 6.57. The van der Waals surface area contributed by atoms with Crippen molar-refractivity contribution in [3.63, 3.8) is 0 Å². The van der Waals surface area contributed by atoms with Crippen LogP contribution in [0.3, 0.4) is 0 Å². The molecule has 31 heavy (non-hydrogen) atoms. The maximum absolute atomic E-state index is 5.52. The van der Waals surface area contributed by atoms with E-state index >= 15 is 0 Å². The molecular formula is C24H42IN5O. The van der Waals surface area contributed by atoms with Gasteiger partial charge in [0.05, 0.1) is 6.61 Å². The number of piperidine rings is 1. The molecule has 7 heteroatoms. The van der Waals surface area contributed by atoms with Crippen molar-refractivity contribution in [1.29, 1.82) is 0 Å². The van der Waals surface area contributed by atoms with E-state index in [0.29, 0.717) is 12.1 Å². The van der Waals surface area contributed by atoms with Crippen LogP contribution in [0.1, 0.15) is 38.2 Å². The molecule has 2 saturated heterocycles. The Morgan fingerprint density at radius 3 is 2.61 bits per heavy atom. The molecule has 3 rings (SSSR count). The van der Waals surface area contributed by atoms with Crippen LogP contribution in [0.5, 0.6) is 0 Å². The number of aliphatic imine (C=N–C) groups is 1.